The van der Waals surface area contributed by atoms with E-state index >= 15 is 0 Å². The highest BCUT2D eigenvalue weighted by atomic mass is 35.5. The van der Waals surface area contributed by atoms with Crippen LogP contribution in [0.2, 0.25) is 5.02 Å². The fourth-order valence-corrected chi connectivity index (χ4v) is 1.24. The predicted octanol–water partition coefficient (Wildman–Crippen LogP) is 2.94. The molecule has 0 bridgehead atoms. The topological polar surface area (TPSA) is 23.8 Å². The molecule has 1 aromatic carbocycles. The van der Waals surface area contributed by atoms with Crippen LogP contribution in [0.5, 0.6) is 0 Å². The molecular formula is C10H13ClN. The van der Waals surface area contributed by atoms with E-state index < -0.39 is 5.54 Å². The van der Waals surface area contributed by atoms with E-state index in [9.17, 15) is 0 Å². The molecule has 1 nitrogen and oxygen atoms in total. The summed E-state index contributed by atoms with van der Waals surface area (Å²) in [6, 6.07) is 7.67. The monoisotopic (exact) mass is 182 g/mol. The van der Waals surface area contributed by atoms with Gasteiger partial charge in [-0.2, -0.15) is 0 Å². The van der Waals surface area contributed by atoms with E-state index in [0.717, 1.165) is 11.4 Å². The normalized spacial score (nSPS) is 11.7. The summed E-state index contributed by atoms with van der Waals surface area (Å²) < 4.78 is 0. The van der Waals surface area contributed by atoms with Gasteiger partial charge in [-0.1, -0.05) is 23.7 Å². The van der Waals surface area contributed by atoms with Crippen LogP contribution in [0.4, 0.5) is 0 Å². The highest BCUT2D eigenvalue weighted by Gasteiger charge is 2.11. The van der Waals surface area contributed by atoms with Crippen LogP contribution in [0.25, 0.3) is 0 Å². The fraction of sp³-hybridized carbons (Fsp3) is 0.400. The molecule has 2 heteroatoms. The minimum Gasteiger partial charge on any atom is -0.251 e. The van der Waals surface area contributed by atoms with Crippen molar-refractivity contribution in [3.05, 3.63) is 34.9 Å². The van der Waals surface area contributed by atoms with Crippen LogP contribution in [-0.4, -0.2) is 5.54 Å². The van der Waals surface area contributed by atoms with E-state index in [-0.39, 0.29) is 0 Å². The minimum absolute atomic E-state index is 0.395. The van der Waals surface area contributed by atoms with Gasteiger partial charge in [0.2, 0.25) is 0 Å². The van der Waals surface area contributed by atoms with Crippen LogP contribution in [-0.2, 0) is 6.42 Å². The first kappa shape index (κ1) is 9.56. The summed E-state index contributed by atoms with van der Waals surface area (Å²) in [5.41, 5.74) is 8.46. The van der Waals surface area contributed by atoms with Crippen LogP contribution in [0, 0.1) is 0 Å². The molecule has 0 fully saturated rings. The van der Waals surface area contributed by atoms with Gasteiger partial charge in [-0.05, 0) is 38.0 Å². The van der Waals surface area contributed by atoms with Gasteiger partial charge in [-0.25, -0.2) is 0 Å². The van der Waals surface area contributed by atoms with Gasteiger partial charge in [-0.15, -0.1) is 0 Å². The zero-order valence-electron chi connectivity index (χ0n) is 7.39. The average molecular weight is 183 g/mol. The van der Waals surface area contributed by atoms with Crippen molar-refractivity contribution in [1.29, 1.82) is 0 Å². The Kier molecular flexibility index (Phi) is 2.76. The third-order valence-electron chi connectivity index (χ3n) is 1.56. The van der Waals surface area contributed by atoms with Crippen LogP contribution in [0.15, 0.2) is 24.3 Å². The summed E-state index contributed by atoms with van der Waals surface area (Å²) in [7, 11) is 0. The Morgan fingerprint density at radius 2 is 1.75 bits per heavy atom. The molecule has 65 valence electrons. The van der Waals surface area contributed by atoms with Crippen molar-refractivity contribution < 1.29 is 0 Å². The van der Waals surface area contributed by atoms with Crippen molar-refractivity contribution in [1.82, 2.24) is 5.73 Å². The van der Waals surface area contributed by atoms with E-state index in [4.69, 9.17) is 17.3 Å². The average Bonchev–Trinajstić information content (AvgIpc) is 1.91. The van der Waals surface area contributed by atoms with Crippen LogP contribution in [0.1, 0.15) is 19.4 Å². The molecule has 0 spiro atoms. The molecule has 0 atom stereocenters. The first-order chi connectivity index (χ1) is 5.47. The SMILES string of the molecule is CC(C)([NH])Cc1ccc(Cl)cc1. The lowest BCUT2D eigenvalue weighted by Gasteiger charge is -2.16. The number of hydrogen-bond acceptors (Lipinski definition) is 0. The largest absolute Gasteiger partial charge is 0.251 e. The van der Waals surface area contributed by atoms with Crippen LogP contribution >= 0.6 is 11.6 Å². The van der Waals surface area contributed by atoms with Gasteiger partial charge < -0.3 is 0 Å². The first-order valence-electron chi connectivity index (χ1n) is 3.97. The number of hydrogen-bond donors (Lipinski definition) is 0. The Morgan fingerprint density at radius 1 is 1.25 bits per heavy atom. The van der Waals surface area contributed by atoms with Gasteiger partial charge in [0.25, 0.3) is 0 Å². The Bertz CT molecular complexity index is 246. The number of halogens is 1. The molecular weight excluding hydrogens is 170 g/mol. The van der Waals surface area contributed by atoms with E-state index in [2.05, 4.69) is 0 Å². The van der Waals surface area contributed by atoms with Crippen LogP contribution < -0.4 is 5.73 Å². The lowest BCUT2D eigenvalue weighted by molar-refractivity contribution is 0.497. The number of nitrogens with one attached hydrogen (secondary N) is 1. The molecule has 0 amide bonds. The molecule has 0 aliphatic heterocycles. The number of benzene rings is 1. The van der Waals surface area contributed by atoms with Crippen LogP contribution in [0.3, 0.4) is 0 Å². The molecule has 1 aromatic rings. The van der Waals surface area contributed by atoms with E-state index in [1.165, 1.54) is 5.56 Å². The minimum atomic E-state index is -0.395. The highest BCUT2D eigenvalue weighted by molar-refractivity contribution is 6.30. The molecule has 0 aliphatic carbocycles. The van der Waals surface area contributed by atoms with Crippen molar-refractivity contribution in [3.8, 4) is 0 Å². The summed E-state index contributed by atoms with van der Waals surface area (Å²) in [5.74, 6) is 0. The van der Waals surface area contributed by atoms with Gasteiger partial charge in [0.15, 0.2) is 0 Å². The van der Waals surface area contributed by atoms with Crippen molar-refractivity contribution >= 4 is 11.6 Å². The summed E-state index contributed by atoms with van der Waals surface area (Å²) in [4.78, 5) is 0. The second kappa shape index (κ2) is 3.46. The summed E-state index contributed by atoms with van der Waals surface area (Å²) in [6.07, 6.45) is 0.768. The third-order valence-corrected chi connectivity index (χ3v) is 1.81. The van der Waals surface area contributed by atoms with Crippen molar-refractivity contribution in [2.75, 3.05) is 0 Å². The van der Waals surface area contributed by atoms with Crippen molar-refractivity contribution in [2.45, 2.75) is 25.8 Å². The highest BCUT2D eigenvalue weighted by Crippen LogP contribution is 2.14. The molecule has 0 unspecified atom stereocenters. The lowest BCUT2D eigenvalue weighted by atomic mass is 9.96. The smallest absolute Gasteiger partial charge is 0.0406 e. The molecule has 12 heavy (non-hydrogen) atoms. The maximum atomic E-state index is 7.69. The molecule has 0 aliphatic rings. The molecule has 1 radical (unpaired) electrons. The quantitative estimate of drug-likeness (QED) is 0.672. The summed E-state index contributed by atoms with van der Waals surface area (Å²) in [6.45, 7) is 3.81. The number of rotatable bonds is 2. The second-order valence-electron chi connectivity index (χ2n) is 3.69. The maximum Gasteiger partial charge on any atom is 0.0406 e. The molecule has 0 heterocycles. The molecule has 0 saturated heterocycles. The second-order valence-corrected chi connectivity index (χ2v) is 4.12. The Balaban J connectivity index is 2.71. The Hall–Kier alpha value is -0.530. The van der Waals surface area contributed by atoms with E-state index in [0.29, 0.717) is 0 Å². The van der Waals surface area contributed by atoms with Gasteiger partial charge in [0.05, 0.1) is 0 Å². The summed E-state index contributed by atoms with van der Waals surface area (Å²) in [5, 5.41) is 0.751. The van der Waals surface area contributed by atoms with Crippen molar-refractivity contribution in [3.63, 3.8) is 0 Å². The first-order valence-corrected chi connectivity index (χ1v) is 4.35. The Labute approximate surface area is 78.5 Å². The fourth-order valence-electron chi connectivity index (χ4n) is 1.11. The predicted molar refractivity (Wildman–Crippen MR) is 52.3 cm³/mol. The van der Waals surface area contributed by atoms with E-state index in [1.54, 1.807) is 0 Å². The third kappa shape index (κ3) is 3.24. The van der Waals surface area contributed by atoms with Gasteiger partial charge in [-0.3, -0.25) is 5.73 Å². The Morgan fingerprint density at radius 3 is 2.17 bits per heavy atom. The van der Waals surface area contributed by atoms with Gasteiger partial charge in [0, 0.05) is 10.6 Å². The van der Waals surface area contributed by atoms with Gasteiger partial charge >= 0.3 is 0 Å². The standard InChI is InChI=1S/C10H13ClN/c1-10(2,12)7-8-3-5-9(11)6-4-8/h3-6,12H,7H2,1-2H3. The molecule has 0 aromatic heterocycles. The zero-order valence-corrected chi connectivity index (χ0v) is 8.15. The molecule has 1 rings (SSSR count). The van der Waals surface area contributed by atoms with Crippen molar-refractivity contribution in [2.24, 2.45) is 0 Å². The molecule has 1 N–H and O–H groups in total. The lowest BCUT2D eigenvalue weighted by Crippen LogP contribution is -2.24. The maximum absolute atomic E-state index is 7.69. The van der Waals surface area contributed by atoms with Gasteiger partial charge in [0.1, 0.15) is 0 Å². The molecule has 0 saturated carbocycles. The summed E-state index contributed by atoms with van der Waals surface area (Å²) >= 11 is 5.74. The zero-order chi connectivity index (χ0) is 9.19. The van der Waals surface area contributed by atoms with E-state index in [1.807, 2.05) is 38.1 Å².